The third kappa shape index (κ3) is 4.66. The molecule has 0 fully saturated rings. The van der Waals surface area contributed by atoms with Crippen molar-refractivity contribution in [3.8, 4) is 0 Å². The summed E-state index contributed by atoms with van der Waals surface area (Å²) in [5, 5.41) is 5.59. The Balaban J connectivity index is 1.78. The van der Waals surface area contributed by atoms with Crippen molar-refractivity contribution in [3.05, 3.63) is 64.7 Å². The molecule has 0 aliphatic carbocycles. The fourth-order valence-electron chi connectivity index (χ4n) is 3.33. The van der Waals surface area contributed by atoms with Crippen LogP contribution in [0.25, 0.3) is 0 Å². The Labute approximate surface area is 181 Å². The first-order valence-electron chi connectivity index (χ1n) is 10.2. The number of hydrogen-bond acceptors (Lipinski definition) is 4. The molecule has 7 heteroatoms. The topological polar surface area (TPSA) is 95.6 Å². The Kier molecular flexibility index (Phi) is 5.97. The minimum Gasteiger partial charge on any atom is -0.352 e. The van der Waals surface area contributed by atoms with Crippen molar-refractivity contribution in [3.63, 3.8) is 0 Å². The molecule has 2 N–H and O–H groups in total. The van der Waals surface area contributed by atoms with Gasteiger partial charge in [-0.2, -0.15) is 0 Å². The van der Waals surface area contributed by atoms with Crippen molar-refractivity contribution >= 4 is 29.3 Å². The molecule has 0 atom stereocenters. The number of carbonyl (C=O) groups is 4. The van der Waals surface area contributed by atoms with Crippen LogP contribution in [0.3, 0.4) is 0 Å². The van der Waals surface area contributed by atoms with E-state index >= 15 is 0 Å². The van der Waals surface area contributed by atoms with E-state index in [0.717, 1.165) is 0 Å². The van der Waals surface area contributed by atoms with Gasteiger partial charge in [-0.05, 0) is 63.1 Å². The van der Waals surface area contributed by atoms with E-state index in [1.165, 1.54) is 23.1 Å². The van der Waals surface area contributed by atoms with Gasteiger partial charge < -0.3 is 10.6 Å². The summed E-state index contributed by atoms with van der Waals surface area (Å²) in [4.78, 5) is 51.6. The SMILES string of the molecule is CC(C)CNC(=O)c1cccc(NC(=O)c2ccc3c(c2)C(=O)N(C(C)(C)C)C3=O)c1. The second-order valence-electron chi connectivity index (χ2n) is 9.02. The maximum absolute atomic E-state index is 12.8. The first-order chi connectivity index (χ1) is 14.5. The van der Waals surface area contributed by atoms with Gasteiger partial charge in [-0.1, -0.05) is 19.9 Å². The highest BCUT2D eigenvalue weighted by atomic mass is 16.2. The van der Waals surface area contributed by atoms with Gasteiger partial charge >= 0.3 is 0 Å². The number of amides is 4. The maximum atomic E-state index is 12.8. The molecule has 31 heavy (non-hydrogen) atoms. The van der Waals surface area contributed by atoms with Crippen LogP contribution in [0.5, 0.6) is 0 Å². The Morgan fingerprint density at radius 3 is 2.19 bits per heavy atom. The molecule has 4 amide bonds. The molecule has 0 saturated heterocycles. The largest absolute Gasteiger partial charge is 0.352 e. The highest BCUT2D eigenvalue weighted by molar-refractivity contribution is 6.22. The number of rotatable bonds is 5. The highest BCUT2D eigenvalue weighted by Crippen LogP contribution is 2.30. The van der Waals surface area contributed by atoms with Crippen molar-refractivity contribution in [2.45, 2.75) is 40.2 Å². The van der Waals surface area contributed by atoms with Crippen molar-refractivity contribution < 1.29 is 19.2 Å². The molecule has 0 aromatic heterocycles. The first-order valence-corrected chi connectivity index (χ1v) is 10.2. The number of anilines is 1. The van der Waals surface area contributed by atoms with Crippen molar-refractivity contribution in [2.24, 2.45) is 5.92 Å². The molecule has 3 rings (SSSR count). The second-order valence-corrected chi connectivity index (χ2v) is 9.02. The molecule has 0 spiro atoms. The number of fused-ring (bicyclic) bond motifs is 1. The Morgan fingerprint density at radius 2 is 1.55 bits per heavy atom. The van der Waals surface area contributed by atoms with Crippen LogP contribution < -0.4 is 10.6 Å². The van der Waals surface area contributed by atoms with E-state index in [1.54, 1.807) is 45.0 Å². The van der Waals surface area contributed by atoms with Gasteiger partial charge in [0, 0.05) is 28.9 Å². The lowest BCUT2D eigenvalue weighted by Crippen LogP contribution is -2.45. The third-order valence-electron chi connectivity index (χ3n) is 4.87. The number of nitrogens with zero attached hydrogens (tertiary/aromatic N) is 1. The summed E-state index contributed by atoms with van der Waals surface area (Å²) in [6.45, 7) is 9.92. The predicted octanol–water partition coefficient (Wildman–Crippen LogP) is 3.72. The van der Waals surface area contributed by atoms with E-state index < -0.39 is 17.4 Å². The molecule has 1 aliphatic heterocycles. The zero-order chi connectivity index (χ0) is 22.9. The second kappa shape index (κ2) is 8.34. The molecule has 1 heterocycles. The zero-order valence-corrected chi connectivity index (χ0v) is 18.4. The molecular formula is C24H27N3O4. The summed E-state index contributed by atoms with van der Waals surface area (Å²) in [6, 6.07) is 11.1. The van der Waals surface area contributed by atoms with Gasteiger partial charge in [-0.3, -0.25) is 24.1 Å². The van der Waals surface area contributed by atoms with Crippen LogP contribution in [-0.2, 0) is 0 Å². The highest BCUT2D eigenvalue weighted by Gasteiger charge is 2.42. The van der Waals surface area contributed by atoms with Crippen LogP contribution in [0, 0.1) is 5.92 Å². The Bertz CT molecular complexity index is 1070. The molecule has 2 aromatic carbocycles. The summed E-state index contributed by atoms with van der Waals surface area (Å²) >= 11 is 0. The van der Waals surface area contributed by atoms with Crippen LogP contribution in [-0.4, -0.2) is 40.6 Å². The molecule has 1 aliphatic rings. The quantitative estimate of drug-likeness (QED) is 0.720. The lowest BCUT2D eigenvalue weighted by atomic mass is 10.1. The zero-order valence-electron chi connectivity index (χ0n) is 18.4. The third-order valence-corrected chi connectivity index (χ3v) is 4.87. The number of imide groups is 1. The van der Waals surface area contributed by atoms with E-state index in [0.29, 0.717) is 29.3 Å². The summed E-state index contributed by atoms with van der Waals surface area (Å²) in [7, 11) is 0. The van der Waals surface area contributed by atoms with Gasteiger partial charge in [0.1, 0.15) is 0 Å². The van der Waals surface area contributed by atoms with E-state index in [-0.39, 0.29) is 22.9 Å². The summed E-state index contributed by atoms with van der Waals surface area (Å²) < 4.78 is 0. The smallest absolute Gasteiger partial charge is 0.262 e. The minimum atomic E-state index is -0.661. The normalized spacial score (nSPS) is 13.4. The van der Waals surface area contributed by atoms with Crippen LogP contribution >= 0.6 is 0 Å². The lowest BCUT2D eigenvalue weighted by molar-refractivity contribution is 0.0507. The van der Waals surface area contributed by atoms with Crippen molar-refractivity contribution in [1.29, 1.82) is 0 Å². The average molecular weight is 421 g/mol. The summed E-state index contributed by atoms with van der Waals surface area (Å²) in [5.41, 5.74) is 1.00. The van der Waals surface area contributed by atoms with E-state index in [9.17, 15) is 19.2 Å². The molecule has 0 unspecified atom stereocenters. The molecule has 162 valence electrons. The number of nitrogens with one attached hydrogen (secondary N) is 2. The fraction of sp³-hybridized carbons (Fsp3) is 0.333. The lowest BCUT2D eigenvalue weighted by Gasteiger charge is -2.29. The molecule has 0 radical (unpaired) electrons. The molecule has 2 aromatic rings. The van der Waals surface area contributed by atoms with Gasteiger partial charge in [0.2, 0.25) is 0 Å². The predicted molar refractivity (Wildman–Crippen MR) is 118 cm³/mol. The van der Waals surface area contributed by atoms with E-state index in [2.05, 4.69) is 10.6 Å². The van der Waals surface area contributed by atoms with Crippen LogP contribution in [0.2, 0.25) is 0 Å². The average Bonchev–Trinajstić information content (AvgIpc) is 2.96. The molecule has 0 saturated carbocycles. The first kappa shape index (κ1) is 22.2. The van der Waals surface area contributed by atoms with Gasteiger partial charge in [-0.15, -0.1) is 0 Å². The van der Waals surface area contributed by atoms with Crippen LogP contribution in [0.15, 0.2) is 42.5 Å². The standard InChI is InChI=1S/C24H27N3O4/c1-14(2)13-25-20(28)15-7-6-8-17(11-15)26-21(29)16-9-10-18-19(12-16)23(31)27(22(18)30)24(3,4)5/h6-12,14H,13H2,1-5H3,(H,25,28)(H,26,29). The van der Waals surface area contributed by atoms with Gasteiger partial charge in [0.15, 0.2) is 0 Å². The van der Waals surface area contributed by atoms with E-state index in [1.807, 2.05) is 13.8 Å². The number of benzene rings is 2. The number of carbonyl (C=O) groups excluding carboxylic acids is 4. The van der Waals surface area contributed by atoms with Gasteiger partial charge in [0.05, 0.1) is 11.1 Å². The van der Waals surface area contributed by atoms with E-state index in [4.69, 9.17) is 0 Å². The molecular weight excluding hydrogens is 394 g/mol. The van der Waals surface area contributed by atoms with Gasteiger partial charge in [0.25, 0.3) is 23.6 Å². The van der Waals surface area contributed by atoms with Crippen LogP contribution in [0.4, 0.5) is 5.69 Å². The monoisotopic (exact) mass is 421 g/mol. The van der Waals surface area contributed by atoms with Gasteiger partial charge in [-0.25, -0.2) is 0 Å². The minimum absolute atomic E-state index is 0.214. The van der Waals surface area contributed by atoms with Crippen molar-refractivity contribution in [1.82, 2.24) is 10.2 Å². The Hall–Kier alpha value is -3.48. The molecule has 7 nitrogen and oxygen atoms in total. The van der Waals surface area contributed by atoms with Crippen LogP contribution in [0.1, 0.15) is 76.1 Å². The summed E-state index contributed by atoms with van der Waals surface area (Å²) in [5.74, 6) is -1.09. The number of hydrogen-bond donors (Lipinski definition) is 2. The molecule has 0 bridgehead atoms. The van der Waals surface area contributed by atoms with Crippen molar-refractivity contribution in [2.75, 3.05) is 11.9 Å². The Morgan fingerprint density at radius 1 is 0.903 bits per heavy atom. The fourth-order valence-corrected chi connectivity index (χ4v) is 3.33. The summed E-state index contributed by atoms with van der Waals surface area (Å²) in [6.07, 6.45) is 0. The maximum Gasteiger partial charge on any atom is 0.262 e.